The maximum Gasteiger partial charge on any atom is 0.253 e. The highest BCUT2D eigenvalue weighted by Gasteiger charge is 2.20. The second kappa shape index (κ2) is 10.8. The van der Waals surface area contributed by atoms with E-state index in [4.69, 9.17) is 9.72 Å². The van der Waals surface area contributed by atoms with Crippen LogP contribution < -0.4 is 10.1 Å². The number of carbonyl (C=O) groups excluding carboxylic acids is 1. The quantitative estimate of drug-likeness (QED) is 0.518. The van der Waals surface area contributed by atoms with Crippen molar-refractivity contribution in [1.82, 2.24) is 19.8 Å². The number of ether oxygens (including phenoxy) is 1. The molecular formula is C27H36N4O2. The van der Waals surface area contributed by atoms with Gasteiger partial charge in [0.2, 0.25) is 0 Å². The monoisotopic (exact) mass is 448 g/mol. The molecule has 0 spiro atoms. The van der Waals surface area contributed by atoms with E-state index in [2.05, 4.69) is 28.1 Å². The lowest BCUT2D eigenvalue weighted by molar-refractivity contribution is 0.0773. The Morgan fingerprint density at radius 2 is 1.91 bits per heavy atom. The molecular weight excluding hydrogens is 412 g/mol. The van der Waals surface area contributed by atoms with Gasteiger partial charge in [0.05, 0.1) is 17.6 Å². The van der Waals surface area contributed by atoms with Crippen LogP contribution in [-0.2, 0) is 13.0 Å². The number of imidazole rings is 1. The SMILES string of the molecule is CCOc1ccc(Cc2nc3cc(C(=O)N(CC)CC)ccc3n2C[C@@H]2CCCCN2)cc1. The first-order valence-electron chi connectivity index (χ1n) is 12.4. The molecule has 1 aliphatic rings. The summed E-state index contributed by atoms with van der Waals surface area (Å²) in [6, 6.07) is 14.7. The Labute approximate surface area is 196 Å². The third-order valence-electron chi connectivity index (χ3n) is 6.54. The lowest BCUT2D eigenvalue weighted by Crippen LogP contribution is -2.37. The molecule has 0 saturated carbocycles. The maximum atomic E-state index is 12.9. The van der Waals surface area contributed by atoms with Crippen molar-refractivity contribution < 1.29 is 9.53 Å². The summed E-state index contributed by atoms with van der Waals surface area (Å²) in [4.78, 5) is 19.8. The van der Waals surface area contributed by atoms with E-state index in [1.165, 1.54) is 24.8 Å². The Kier molecular flexibility index (Phi) is 7.65. The minimum atomic E-state index is 0.0680. The number of rotatable bonds is 9. The zero-order valence-corrected chi connectivity index (χ0v) is 20.1. The van der Waals surface area contributed by atoms with Gasteiger partial charge in [-0.15, -0.1) is 0 Å². The number of benzene rings is 2. The van der Waals surface area contributed by atoms with Gasteiger partial charge in [0.1, 0.15) is 11.6 Å². The smallest absolute Gasteiger partial charge is 0.253 e. The van der Waals surface area contributed by atoms with E-state index >= 15 is 0 Å². The predicted octanol–water partition coefficient (Wildman–Crippen LogP) is 4.65. The number of piperidine rings is 1. The van der Waals surface area contributed by atoms with Crippen molar-refractivity contribution in [1.29, 1.82) is 0 Å². The standard InChI is InChI=1S/C27H36N4O2/c1-4-30(5-2)27(32)21-12-15-25-24(18-21)29-26(31(25)19-22-9-7-8-16-28-22)17-20-10-13-23(14-11-20)33-6-3/h10-15,18,22,28H,4-9,16-17,19H2,1-3H3/t22-/m0/s1. The Morgan fingerprint density at radius 1 is 1.12 bits per heavy atom. The van der Waals surface area contributed by atoms with Crippen LogP contribution in [0.1, 0.15) is 61.8 Å². The van der Waals surface area contributed by atoms with Crippen molar-refractivity contribution in [2.45, 2.75) is 59.0 Å². The molecule has 176 valence electrons. The van der Waals surface area contributed by atoms with Gasteiger partial charge in [0.15, 0.2) is 0 Å². The van der Waals surface area contributed by atoms with Crippen LogP contribution in [0.15, 0.2) is 42.5 Å². The van der Waals surface area contributed by atoms with Gasteiger partial charge in [-0.3, -0.25) is 4.79 Å². The zero-order chi connectivity index (χ0) is 23.2. The van der Waals surface area contributed by atoms with Crippen LogP contribution in [0.3, 0.4) is 0 Å². The molecule has 0 unspecified atom stereocenters. The summed E-state index contributed by atoms with van der Waals surface area (Å²) < 4.78 is 7.94. The summed E-state index contributed by atoms with van der Waals surface area (Å²) in [7, 11) is 0. The summed E-state index contributed by atoms with van der Waals surface area (Å²) in [6.45, 7) is 10.1. The average Bonchev–Trinajstić information content (AvgIpc) is 3.17. The molecule has 6 nitrogen and oxygen atoms in total. The lowest BCUT2D eigenvalue weighted by Gasteiger charge is -2.25. The minimum Gasteiger partial charge on any atom is -0.494 e. The first-order valence-corrected chi connectivity index (χ1v) is 12.4. The molecule has 1 atom stereocenters. The highest BCUT2D eigenvalue weighted by atomic mass is 16.5. The molecule has 2 aromatic carbocycles. The molecule has 1 fully saturated rings. The maximum absolute atomic E-state index is 12.9. The lowest BCUT2D eigenvalue weighted by atomic mass is 10.0. The highest BCUT2D eigenvalue weighted by molar-refractivity contribution is 5.97. The molecule has 1 saturated heterocycles. The van der Waals surface area contributed by atoms with E-state index in [9.17, 15) is 4.79 Å². The summed E-state index contributed by atoms with van der Waals surface area (Å²) in [6.07, 6.45) is 4.44. The van der Waals surface area contributed by atoms with Gasteiger partial charge in [0, 0.05) is 37.7 Å². The fourth-order valence-electron chi connectivity index (χ4n) is 4.70. The molecule has 0 bridgehead atoms. The molecule has 1 N–H and O–H groups in total. The van der Waals surface area contributed by atoms with Crippen molar-refractivity contribution in [3.8, 4) is 5.75 Å². The van der Waals surface area contributed by atoms with Crippen LogP contribution >= 0.6 is 0 Å². The molecule has 1 amide bonds. The minimum absolute atomic E-state index is 0.0680. The Bertz CT molecular complexity index is 1060. The van der Waals surface area contributed by atoms with Crippen LogP contribution in [0.4, 0.5) is 0 Å². The summed E-state index contributed by atoms with van der Waals surface area (Å²) in [5.41, 5.74) is 3.90. The molecule has 4 rings (SSSR count). The van der Waals surface area contributed by atoms with E-state index in [1.807, 2.05) is 49.9 Å². The van der Waals surface area contributed by atoms with Gasteiger partial charge in [-0.1, -0.05) is 18.6 Å². The number of fused-ring (bicyclic) bond motifs is 1. The highest BCUT2D eigenvalue weighted by Crippen LogP contribution is 2.24. The number of nitrogens with one attached hydrogen (secondary N) is 1. The van der Waals surface area contributed by atoms with Gasteiger partial charge >= 0.3 is 0 Å². The van der Waals surface area contributed by atoms with Crippen LogP contribution in [0.2, 0.25) is 0 Å². The third-order valence-corrected chi connectivity index (χ3v) is 6.54. The normalized spacial score (nSPS) is 16.2. The number of nitrogens with zero attached hydrogens (tertiary/aromatic N) is 3. The topological polar surface area (TPSA) is 59.4 Å². The van der Waals surface area contributed by atoms with Gasteiger partial charge in [-0.2, -0.15) is 0 Å². The zero-order valence-electron chi connectivity index (χ0n) is 20.1. The second-order valence-electron chi connectivity index (χ2n) is 8.72. The number of aromatic nitrogens is 2. The van der Waals surface area contributed by atoms with Gasteiger partial charge in [-0.25, -0.2) is 4.98 Å². The molecule has 0 aliphatic carbocycles. The fourth-order valence-corrected chi connectivity index (χ4v) is 4.70. The molecule has 6 heteroatoms. The number of carbonyl (C=O) groups is 1. The Morgan fingerprint density at radius 3 is 2.58 bits per heavy atom. The average molecular weight is 449 g/mol. The predicted molar refractivity (Wildman–Crippen MR) is 133 cm³/mol. The van der Waals surface area contributed by atoms with Gasteiger partial charge < -0.3 is 19.5 Å². The summed E-state index contributed by atoms with van der Waals surface area (Å²) >= 11 is 0. The Hall–Kier alpha value is -2.86. The van der Waals surface area contributed by atoms with Gasteiger partial charge in [0.25, 0.3) is 5.91 Å². The van der Waals surface area contributed by atoms with E-state index in [0.29, 0.717) is 31.3 Å². The van der Waals surface area contributed by atoms with Crippen LogP contribution in [0, 0.1) is 0 Å². The molecule has 33 heavy (non-hydrogen) atoms. The molecule has 1 aromatic heterocycles. The molecule has 3 aromatic rings. The van der Waals surface area contributed by atoms with Crippen molar-refractivity contribution in [3.05, 3.63) is 59.4 Å². The molecule has 0 radical (unpaired) electrons. The van der Waals surface area contributed by atoms with Crippen LogP contribution in [0.5, 0.6) is 5.75 Å². The third kappa shape index (κ3) is 5.38. The second-order valence-corrected chi connectivity index (χ2v) is 8.72. The van der Waals surface area contributed by atoms with Crippen molar-refractivity contribution >= 4 is 16.9 Å². The molecule has 1 aliphatic heterocycles. The van der Waals surface area contributed by atoms with E-state index in [1.54, 1.807) is 0 Å². The van der Waals surface area contributed by atoms with E-state index in [-0.39, 0.29) is 5.91 Å². The van der Waals surface area contributed by atoms with Crippen LogP contribution in [-0.4, -0.2) is 52.6 Å². The first kappa shape index (κ1) is 23.3. The summed E-state index contributed by atoms with van der Waals surface area (Å²) in [5.74, 6) is 1.99. The van der Waals surface area contributed by atoms with Crippen LogP contribution in [0.25, 0.3) is 11.0 Å². The summed E-state index contributed by atoms with van der Waals surface area (Å²) in [5, 5.41) is 3.67. The number of hydrogen-bond donors (Lipinski definition) is 1. The molecule has 2 heterocycles. The van der Waals surface area contributed by atoms with Crippen molar-refractivity contribution in [2.24, 2.45) is 0 Å². The largest absolute Gasteiger partial charge is 0.494 e. The van der Waals surface area contributed by atoms with Crippen molar-refractivity contribution in [3.63, 3.8) is 0 Å². The first-order chi connectivity index (χ1) is 16.1. The fraction of sp³-hybridized carbons (Fsp3) is 0.481. The number of hydrogen-bond acceptors (Lipinski definition) is 4. The Balaban J connectivity index is 1.67. The number of amides is 1. The van der Waals surface area contributed by atoms with Crippen molar-refractivity contribution in [2.75, 3.05) is 26.2 Å². The van der Waals surface area contributed by atoms with E-state index < -0.39 is 0 Å². The van der Waals surface area contributed by atoms with Gasteiger partial charge in [-0.05, 0) is 76.1 Å². The van der Waals surface area contributed by atoms with E-state index in [0.717, 1.165) is 42.1 Å².